The molecule has 30 heavy (non-hydrogen) atoms. The van der Waals surface area contributed by atoms with Crippen LogP contribution in [0.1, 0.15) is 6.23 Å². The molecule has 0 aliphatic carbocycles. The molecule has 1 saturated heterocycles. The van der Waals surface area contributed by atoms with Gasteiger partial charge in [0.2, 0.25) is 0 Å². The summed E-state index contributed by atoms with van der Waals surface area (Å²) < 4.78 is 49.4. The van der Waals surface area contributed by atoms with Crippen molar-refractivity contribution >= 4 is 39.4 Å². The highest BCUT2D eigenvalue weighted by molar-refractivity contribution is 9.10. The van der Waals surface area contributed by atoms with E-state index in [0.717, 1.165) is 6.20 Å². The molecule has 1 aromatic heterocycles. The van der Waals surface area contributed by atoms with E-state index in [4.69, 9.17) is 4.74 Å². The van der Waals surface area contributed by atoms with Gasteiger partial charge in [0, 0.05) is 6.20 Å². The average molecular weight is 560 g/mol. The summed E-state index contributed by atoms with van der Waals surface area (Å²) in [5, 5.41) is 20.0. The predicted molar refractivity (Wildman–Crippen MR) is 88.1 cm³/mol. The van der Waals surface area contributed by atoms with Crippen molar-refractivity contribution in [1.82, 2.24) is 9.55 Å². The summed E-state index contributed by atoms with van der Waals surface area (Å²) in [6, 6.07) is 0. The van der Waals surface area contributed by atoms with Crippen LogP contribution in [0.5, 0.6) is 0 Å². The molecule has 4 N–H and O–H groups in total. The van der Waals surface area contributed by atoms with Crippen LogP contribution in [0, 0.1) is 0 Å². The number of hydrogen-bond donors (Lipinski definition) is 4. The van der Waals surface area contributed by atoms with Crippen molar-refractivity contribution in [2.45, 2.75) is 24.5 Å². The number of aromatic nitrogens is 2. The third-order valence-electron chi connectivity index (χ3n) is 3.34. The van der Waals surface area contributed by atoms with E-state index in [1.807, 2.05) is 4.98 Å². The Labute approximate surface area is 173 Å². The van der Waals surface area contributed by atoms with Crippen molar-refractivity contribution < 1.29 is 61.4 Å². The van der Waals surface area contributed by atoms with Gasteiger partial charge in [-0.15, -0.1) is 0 Å². The number of aromatic amines is 1. The van der Waals surface area contributed by atoms with Gasteiger partial charge in [0.1, 0.15) is 18.3 Å². The summed E-state index contributed by atoms with van der Waals surface area (Å²) >= 11 is 2.84. The molecule has 0 spiro atoms. The van der Waals surface area contributed by atoms with Gasteiger partial charge in [-0.3, -0.25) is 27.7 Å². The van der Waals surface area contributed by atoms with Gasteiger partial charge in [-0.2, -0.15) is 0 Å². The molecule has 0 saturated carbocycles. The lowest BCUT2D eigenvalue weighted by atomic mass is 10.1. The fourth-order valence-corrected chi connectivity index (χ4v) is 5.42. The third-order valence-corrected chi connectivity index (χ3v) is 7.61. The molecule has 2 rings (SSSR count). The van der Waals surface area contributed by atoms with Gasteiger partial charge in [0.05, 0.1) is 18.9 Å². The van der Waals surface area contributed by atoms with Crippen LogP contribution in [-0.4, -0.2) is 49.6 Å². The summed E-state index contributed by atoms with van der Waals surface area (Å²) in [7, 11) is -17.9. The van der Waals surface area contributed by atoms with Crippen LogP contribution in [0.25, 0.3) is 0 Å². The second-order valence-corrected chi connectivity index (χ2v) is 10.7. The van der Waals surface area contributed by atoms with Gasteiger partial charge >= 0.3 is 13.5 Å². The van der Waals surface area contributed by atoms with E-state index in [0.29, 0.717) is 4.57 Å². The van der Waals surface area contributed by atoms with Crippen LogP contribution >= 0.6 is 39.4 Å². The van der Waals surface area contributed by atoms with Crippen LogP contribution in [0.4, 0.5) is 0 Å². The van der Waals surface area contributed by atoms with E-state index >= 15 is 0 Å². The van der Waals surface area contributed by atoms with Crippen molar-refractivity contribution in [1.29, 1.82) is 0 Å². The summed E-state index contributed by atoms with van der Waals surface area (Å²) in [5.41, 5.74) is -1.84. The highest BCUT2D eigenvalue weighted by atomic mass is 79.9. The fourth-order valence-electron chi connectivity index (χ4n) is 2.20. The van der Waals surface area contributed by atoms with E-state index in [2.05, 4.69) is 29.1 Å². The van der Waals surface area contributed by atoms with Crippen molar-refractivity contribution in [2.75, 3.05) is 6.61 Å². The van der Waals surface area contributed by atoms with Crippen LogP contribution in [0.2, 0.25) is 0 Å². The van der Waals surface area contributed by atoms with Crippen LogP contribution in [-0.2, 0) is 31.6 Å². The maximum Gasteiger partial charge on any atom is 0.478 e. The first-order chi connectivity index (χ1) is 13.5. The zero-order valence-electron chi connectivity index (χ0n) is 14.0. The lowest BCUT2D eigenvalue weighted by Gasteiger charge is -2.35. The number of nitrogens with one attached hydrogen (secondary N) is 1. The number of ether oxygens (including phenoxy) is 1. The summed E-state index contributed by atoms with van der Waals surface area (Å²) in [4.78, 5) is 66.1. The van der Waals surface area contributed by atoms with Gasteiger partial charge < -0.3 is 39.1 Å². The fraction of sp³-hybridized carbons (Fsp3) is 0.556. The number of hydrogen-bond acceptors (Lipinski definition) is 14. The maximum atomic E-state index is 11.9. The van der Waals surface area contributed by atoms with Crippen molar-refractivity contribution in [3.8, 4) is 0 Å². The number of phosphoric acid groups is 3. The lowest BCUT2D eigenvalue weighted by molar-refractivity contribution is -0.339. The Balaban J connectivity index is 2.09. The number of H-pyrrole nitrogens is 1. The molecule has 6 atom stereocenters. The first-order valence-electron chi connectivity index (χ1n) is 7.27. The molecule has 2 heterocycles. The molecule has 3 unspecified atom stereocenters. The van der Waals surface area contributed by atoms with Crippen molar-refractivity contribution in [3.05, 3.63) is 31.5 Å². The third kappa shape index (κ3) is 6.72. The van der Waals surface area contributed by atoms with Gasteiger partial charge in [0.15, 0.2) is 6.23 Å². The molecular weight excluding hydrogens is 549 g/mol. The molecule has 1 aromatic rings. The predicted octanol–water partition coefficient (Wildman–Crippen LogP) is -3.63. The summed E-state index contributed by atoms with van der Waals surface area (Å²) in [5.74, 6) is 0. The zero-order valence-corrected chi connectivity index (χ0v) is 18.3. The molecule has 21 heteroatoms. The van der Waals surface area contributed by atoms with E-state index in [1.165, 1.54) is 0 Å². The molecule has 17 nitrogen and oxygen atoms in total. The normalized spacial score (nSPS) is 28.8. The minimum absolute atomic E-state index is 0.138. The first kappa shape index (κ1) is 25.7. The SMILES string of the molecule is O=c1[nH]c(=O)n([C@@H]2O[C@H](COP(=O)(O)OP(=O)([O-])OP(=O)([O-])[O-])C(O)[C@@H]2O)cc1Br. The Morgan fingerprint density at radius 1 is 1.17 bits per heavy atom. The summed E-state index contributed by atoms with van der Waals surface area (Å²) in [6.45, 7) is -1.12. The highest BCUT2D eigenvalue weighted by Gasteiger charge is 2.45. The molecule has 0 radical (unpaired) electrons. The van der Waals surface area contributed by atoms with E-state index < -0.39 is 65.9 Å². The standard InChI is InChI=1S/C9H14BrN2O15P3/c10-3-1-12(9(16)11-7(3)15)8-6(14)5(13)4(25-8)2-24-29(20,21)27-30(22,23)26-28(17,18)19/h1,4-6,8,13-14H,2H2,(H,20,21)(H,22,23)(H,11,15,16)(H2,17,18,19)/p-3/t4-,5?,6+,8-/m1/s1. The second-order valence-electron chi connectivity index (χ2n) is 5.51. The van der Waals surface area contributed by atoms with E-state index in [9.17, 15) is 53.1 Å². The second kappa shape index (κ2) is 9.13. The molecular formula is C9H11BrN2O15P3-3. The quantitative estimate of drug-likeness (QED) is 0.223. The van der Waals surface area contributed by atoms with Gasteiger partial charge in [-0.1, -0.05) is 0 Å². The zero-order chi connectivity index (χ0) is 23.1. The number of nitrogens with zero attached hydrogens (tertiary/aromatic N) is 1. The van der Waals surface area contributed by atoms with E-state index in [1.54, 1.807) is 0 Å². The van der Waals surface area contributed by atoms with Crippen molar-refractivity contribution in [3.63, 3.8) is 0 Å². The Hall–Kier alpha value is -0.550. The van der Waals surface area contributed by atoms with Gasteiger partial charge in [-0.25, -0.2) is 13.7 Å². The minimum Gasteiger partial charge on any atom is -0.790 e. The molecule has 172 valence electrons. The summed E-state index contributed by atoms with van der Waals surface area (Å²) in [6.07, 6.45) is -5.96. The molecule has 1 aliphatic heterocycles. The Kier molecular flexibility index (Phi) is 7.83. The number of aliphatic hydroxyl groups excluding tert-OH is 2. The number of halogens is 1. The number of phosphoric ester groups is 1. The first-order valence-corrected chi connectivity index (χ1v) is 12.5. The minimum atomic E-state index is -6.13. The van der Waals surface area contributed by atoms with Crippen LogP contribution in [0.3, 0.4) is 0 Å². The van der Waals surface area contributed by atoms with E-state index in [-0.39, 0.29) is 4.47 Å². The average Bonchev–Trinajstić information content (AvgIpc) is 2.81. The molecule has 0 aromatic carbocycles. The monoisotopic (exact) mass is 559 g/mol. The molecule has 0 amide bonds. The lowest BCUT2D eigenvalue weighted by Crippen LogP contribution is -2.38. The number of aliphatic hydroxyl groups is 2. The van der Waals surface area contributed by atoms with Crippen LogP contribution < -0.4 is 25.9 Å². The molecule has 1 aliphatic rings. The molecule has 0 bridgehead atoms. The largest absolute Gasteiger partial charge is 0.790 e. The molecule has 1 fully saturated rings. The Morgan fingerprint density at radius 3 is 2.33 bits per heavy atom. The smallest absolute Gasteiger partial charge is 0.478 e. The Bertz CT molecular complexity index is 1050. The number of rotatable bonds is 8. The topological polar surface area (TPSA) is 273 Å². The van der Waals surface area contributed by atoms with Gasteiger partial charge in [-0.05, 0) is 15.9 Å². The maximum absolute atomic E-state index is 11.9. The van der Waals surface area contributed by atoms with Gasteiger partial charge in [0.25, 0.3) is 13.4 Å². The Morgan fingerprint density at radius 2 is 1.77 bits per heavy atom. The van der Waals surface area contributed by atoms with Crippen LogP contribution in [0.15, 0.2) is 20.3 Å². The van der Waals surface area contributed by atoms with Crippen molar-refractivity contribution in [2.24, 2.45) is 0 Å². The highest BCUT2D eigenvalue weighted by Crippen LogP contribution is 2.62.